The van der Waals surface area contributed by atoms with Gasteiger partial charge in [0, 0.05) is 17.2 Å². The lowest BCUT2D eigenvalue weighted by atomic mass is 9.86. The number of benzene rings is 1. The average molecular weight is 448 g/mol. The third kappa shape index (κ3) is 5.69. The van der Waals surface area contributed by atoms with Crippen LogP contribution in [0.3, 0.4) is 0 Å². The van der Waals surface area contributed by atoms with Crippen molar-refractivity contribution in [2.75, 3.05) is 14.2 Å². The SMILES string of the molecule is COc1nnc(-c2ccc(C(=N)N)cc2)cc1C(=O)N[C@H]1CC[C@H](C(=O)OC)CC1.Cl. The van der Waals surface area contributed by atoms with Gasteiger partial charge < -0.3 is 20.5 Å². The molecule has 1 aliphatic rings. The highest BCUT2D eigenvalue weighted by Crippen LogP contribution is 2.27. The van der Waals surface area contributed by atoms with E-state index in [-0.39, 0.29) is 53.5 Å². The van der Waals surface area contributed by atoms with E-state index in [1.54, 1.807) is 30.3 Å². The van der Waals surface area contributed by atoms with Gasteiger partial charge in [-0.3, -0.25) is 15.0 Å². The number of esters is 1. The minimum atomic E-state index is -0.301. The molecule has 9 nitrogen and oxygen atoms in total. The summed E-state index contributed by atoms with van der Waals surface area (Å²) in [5, 5.41) is 18.6. The van der Waals surface area contributed by atoms with Gasteiger partial charge in [-0.2, -0.15) is 0 Å². The number of hydrogen-bond donors (Lipinski definition) is 3. The molecular weight excluding hydrogens is 422 g/mol. The number of nitrogens with two attached hydrogens (primary N) is 1. The summed E-state index contributed by atoms with van der Waals surface area (Å²) in [6, 6.07) is 8.55. The summed E-state index contributed by atoms with van der Waals surface area (Å²) in [5.74, 6) is -0.487. The highest BCUT2D eigenvalue weighted by Gasteiger charge is 2.28. The zero-order valence-electron chi connectivity index (χ0n) is 17.4. The van der Waals surface area contributed by atoms with Gasteiger partial charge in [0.25, 0.3) is 5.91 Å². The van der Waals surface area contributed by atoms with Crippen LogP contribution in [0, 0.1) is 11.3 Å². The number of rotatable bonds is 6. The van der Waals surface area contributed by atoms with Gasteiger partial charge in [0.2, 0.25) is 5.88 Å². The predicted octanol–water partition coefficient (Wildman–Crippen LogP) is 2.32. The van der Waals surface area contributed by atoms with Crippen molar-refractivity contribution in [1.82, 2.24) is 15.5 Å². The van der Waals surface area contributed by atoms with Crippen molar-refractivity contribution in [3.8, 4) is 17.1 Å². The van der Waals surface area contributed by atoms with Crippen LogP contribution in [0.2, 0.25) is 0 Å². The smallest absolute Gasteiger partial charge is 0.308 e. The molecule has 3 rings (SSSR count). The molecule has 1 fully saturated rings. The summed E-state index contributed by atoms with van der Waals surface area (Å²) in [4.78, 5) is 24.6. The molecule has 0 atom stereocenters. The zero-order valence-corrected chi connectivity index (χ0v) is 18.2. The Bertz CT molecular complexity index is 943. The number of hydrogen-bond acceptors (Lipinski definition) is 7. The number of halogens is 1. The van der Waals surface area contributed by atoms with E-state index in [1.165, 1.54) is 14.2 Å². The number of nitrogens with zero attached hydrogens (tertiary/aromatic N) is 2. The Morgan fingerprint density at radius 1 is 1.10 bits per heavy atom. The van der Waals surface area contributed by atoms with Crippen LogP contribution < -0.4 is 15.8 Å². The lowest BCUT2D eigenvalue weighted by molar-refractivity contribution is -0.146. The number of ether oxygens (including phenoxy) is 2. The first kappa shape index (κ1) is 24.1. The fraction of sp³-hybridized carbons (Fsp3) is 0.381. The normalized spacial score (nSPS) is 17.7. The Morgan fingerprint density at radius 3 is 2.29 bits per heavy atom. The third-order valence-corrected chi connectivity index (χ3v) is 5.29. The highest BCUT2D eigenvalue weighted by atomic mass is 35.5. The lowest BCUT2D eigenvalue weighted by Gasteiger charge is -2.27. The van der Waals surface area contributed by atoms with Crippen molar-refractivity contribution in [1.29, 1.82) is 5.41 Å². The molecule has 0 aliphatic heterocycles. The van der Waals surface area contributed by atoms with Crippen molar-refractivity contribution in [3.05, 3.63) is 41.5 Å². The van der Waals surface area contributed by atoms with Crippen molar-refractivity contribution in [3.63, 3.8) is 0 Å². The predicted molar refractivity (Wildman–Crippen MR) is 118 cm³/mol. The second kappa shape index (κ2) is 10.7. The van der Waals surface area contributed by atoms with Gasteiger partial charge in [-0.15, -0.1) is 22.6 Å². The van der Waals surface area contributed by atoms with Crippen LogP contribution in [-0.4, -0.2) is 48.2 Å². The first-order valence-electron chi connectivity index (χ1n) is 9.68. The molecule has 10 heteroatoms. The standard InChI is InChI=1S/C21H25N5O4.ClH/c1-29-20-16(19(27)24-15-9-7-14(8-10-15)21(28)30-2)11-17(25-26-20)12-3-5-13(6-4-12)18(22)23;/h3-6,11,14-15H,7-10H2,1-2H3,(H3,22,23)(H,24,27);1H/t14-,15-;. The van der Waals surface area contributed by atoms with E-state index in [2.05, 4.69) is 15.5 Å². The zero-order chi connectivity index (χ0) is 21.7. The molecule has 0 bridgehead atoms. The number of aromatic nitrogens is 2. The molecular formula is C21H26ClN5O4. The molecule has 4 N–H and O–H groups in total. The largest absolute Gasteiger partial charge is 0.479 e. The molecule has 166 valence electrons. The van der Waals surface area contributed by atoms with Crippen molar-refractivity contribution in [2.45, 2.75) is 31.7 Å². The molecule has 1 heterocycles. The molecule has 1 saturated carbocycles. The highest BCUT2D eigenvalue weighted by molar-refractivity contribution is 5.98. The first-order valence-corrected chi connectivity index (χ1v) is 9.68. The Labute approximate surface area is 186 Å². The Hall–Kier alpha value is -3.20. The molecule has 1 aromatic heterocycles. The average Bonchev–Trinajstić information content (AvgIpc) is 2.78. The van der Waals surface area contributed by atoms with Gasteiger partial charge in [-0.1, -0.05) is 24.3 Å². The number of methoxy groups -OCH3 is 2. The summed E-state index contributed by atoms with van der Waals surface area (Å²) >= 11 is 0. The van der Waals surface area contributed by atoms with Crippen LogP contribution in [0.15, 0.2) is 30.3 Å². The van der Waals surface area contributed by atoms with E-state index >= 15 is 0 Å². The molecule has 1 aromatic carbocycles. The quantitative estimate of drug-likeness (QED) is 0.350. The number of nitrogen functional groups attached to an aromatic ring is 1. The molecule has 31 heavy (non-hydrogen) atoms. The van der Waals surface area contributed by atoms with E-state index in [4.69, 9.17) is 20.6 Å². The molecule has 1 amide bonds. The number of carbonyl (C=O) groups is 2. The Morgan fingerprint density at radius 2 is 1.74 bits per heavy atom. The lowest BCUT2D eigenvalue weighted by Crippen LogP contribution is -2.39. The van der Waals surface area contributed by atoms with Gasteiger partial charge in [-0.05, 0) is 31.7 Å². The van der Waals surface area contributed by atoms with Crippen molar-refractivity contribution < 1.29 is 19.1 Å². The van der Waals surface area contributed by atoms with Gasteiger partial charge >= 0.3 is 5.97 Å². The summed E-state index contributed by atoms with van der Waals surface area (Å²) in [6.45, 7) is 0. The molecule has 0 spiro atoms. The summed E-state index contributed by atoms with van der Waals surface area (Å²) in [5.41, 5.74) is 7.61. The van der Waals surface area contributed by atoms with Gasteiger partial charge in [0.05, 0.1) is 25.8 Å². The second-order valence-electron chi connectivity index (χ2n) is 7.19. The third-order valence-electron chi connectivity index (χ3n) is 5.29. The van der Waals surface area contributed by atoms with Crippen LogP contribution in [0.25, 0.3) is 11.3 Å². The van der Waals surface area contributed by atoms with Crippen LogP contribution in [0.1, 0.15) is 41.6 Å². The Balaban J connectivity index is 0.00000341. The summed E-state index contributed by atoms with van der Waals surface area (Å²) in [7, 11) is 2.83. The van der Waals surface area contributed by atoms with Crippen LogP contribution in [0.5, 0.6) is 5.88 Å². The maximum atomic E-state index is 12.9. The Kier molecular flexibility index (Phi) is 8.32. The minimum Gasteiger partial charge on any atom is -0.479 e. The summed E-state index contributed by atoms with van der Waals surface area (Å²) in [6.07, 6.45) is 2.76. The van der Waals surface area contributed by atoms with Crippen molar-refractivity contribution >= 4 is 30.1 Å². The number of nitrogens with one attached hydrogen (secondary N) is 2. The number of amidine groups is 1. The fourth-order valence-electron chi connectivity index (χ4n) is 3.56. The summed E-state index contributed by atoms with van der Waals surface area (Å²) < 4.78 is 10.0. The molecule has 0 radical (unpaired) electrons. The maximum absolute atomic E-state index is 12.9. The van der Waals surface area contributed by atoms with Gasteiger partial charge in [0.15, 0.2) is 0 Å². The topological polar surface area (TPSA) is 140 Å². The van der Waals surface area contributed by atoms with E-state index in [1.807, 2.05) is 0 Å². The first-order chi connectivity index (χ1) is 14.4. The van der Waals surface area contributed by atoms with E-state index in [9.17, 15) is 9.59 Å². The maximum Gasteiger partial charge on any atom is 0.308 e. The van der Waals surface area contributed by atoms with Crippen LogP contribution >= 0.6 is 12.4 Å². The van der Waals surface area contributed by atoms with Crippen molar-refractivity contribution in [2.24, 2.45) is 11.7 Å². The van der Waals surface area contributed by atoms with Gasteiger partial charge in [-0.25, -0.2) is 0 Å². The van der Waals surface area contributed by atoms with E-state index < -0.39 is 0 Å². The van der Waals surface area contributed by atoms with Gasteiger partial charge in [0.1, 0.15) is 11.4 Å². The van der Waals surface area contributed by atoms with Crippen LogP contribution in [0.4, 0.5) is 0 Å². The molecule has 0 saturated heterocycles. The fourth-order valence-corrected chi connectivity index (χ4v) is 3.56. The molecule has 2 aromatic rings. The number of amides is 1. The monoisotopic (exact) mass is 447 g/mol. The minimum absolute atomic E-state index is 0. The molecule has 0 unspecified atom stereocenters. The number of carbonyl (C=O) groups excluding carboxylic acids is 2. The van der Waals surface area contributed by atoms with E-state index in [0.717, 1.165) is 5.56 Å². The van der Waals surface area contributed by atoms with Crippen LogP contribution in [-0.2, 0) is 9.53 Å². The van der Waals surface area contributed by atoms with E-state index in [0.29, 0.717) is 36.9 Å². The molecule has 1 aliphatic carbocycles. The second-order valence-corrected chi connectivity index (χ2v) is 7.19.